The Morgan fingerprint density at radius 2 is 2.09 bits per heavy atom. The van der Waals surface area contributed by atoms with Crippen LogP contribution in [0, 0.1) is 5.92 Å². The molecule has 0 unspecified atom stereocenters. The van der Waals surface area contributed by atoms with Crippen molar-refractivity contribution < 1.29 is 13.2 Å². The molecular weight excluding hydrogens is 302 g/mol. The van der Waals surface area contributed by atoms with E-state index >= 15 is 0 Å². The van der Waals surface area contributed by atoms with Gasteiger partial charge in [0.1, 0.15) is 6.04 Å². The van der Waals surface area contributed by atoms with Crippen molar-refractivity contribution in [1.82, 2.24) is 9.62 Å². The van der Waals surface area contributed by atoms with Crippen molar-refractivity contribution in [3.8, 4) is 0 Å². The van der Waals surface area contributed by atoms with Crippen LogP contribution in [-0.4, -0.2) is 45.1 Å². The second-order valence-corrected chi connectivity index (χ2v) is 7.67. The fraction of sp³-hybridized carbons (Fsp3) is 0.533. The van der Waals surface area contributed by atoms with Crippen molar-refractivity contribution in [2.45, 2.75) is 18.9 Å². The van der Waals surface area contributed by atoms with E-state index in [2.05, 4.69) is 9.62 Å². The van der Waals surface area contributed by atoms with E-state index in [1.165, 1.54) is 0 Å². The largest absolute Gasteiger partial charge is 0.368 e. The van der Waals surface area contributed by atoms with E-state index in [1.54, 1.807) is 0 Å². The summed E-state index contributed by atoms with van der Waals surface area (Å²) in [5.74, 6) is -0.183. The first-order chi connectivity index (χ1) is 10.4. The third-order valence-electron chi connectivity index (χ3n) is 3.93. The molecule has 3 N–H and O–H groups in total. The summed E-state index contributed by atoms with van der Waals surface area (Å²) < 4.78 is 25.0. The minimum absolute atomic E-state index is 0.189. The maximum absolute atomic E-state index is 11.9. The average molecular weight is 325 g/mol. The Bertz CT molecular complexity index is 604. The van der Waals surface area contributed by atoms with Crippen LogP contribution in [0.4, 0.5) is 0 Å². The van der Waals surface area contributed by atoms with E-state index in [-0.39, 0.29) is 11.8 Å². The molecule has 1 heterocycles. The first-order valence-corrected chi connectivity index (χ1v) is 9.29. The lowest BCUT2D eigenvalue weighted by Gasteiger charge is -2.37. The van der Waals surface area contributed by atoms with Gasteiger partial charge in [0.05, 0.1) is 6.26 Å². The molecule has 0 aromatic heterocycles. The molecule has 1 saturated heterocycles. The van der Waals surface area contributed by atoms with E-state index < -0.39 is 16.1 Å². The molecule has 122 valence electrons. The van der Waals surface area contributed by atoms with Crippen LogP contribution in [0.2, 0.25) is 0 Å². The number of amides is 1. The molecule has 2 rings (SSSR count). The van der Waals surface area contributed by atoms with Gasteiger partial charge in [-0.2, -0.15) is 0 Å². The number of rotatable bonds is 6. The summed E-state index contributed by atoms with van der Waals surface area (Å²) in [6, 6.07) is 9.01. The number of nitrogens with zero attached hydrogens (tertiary/aromatic N) is 1. The van der Waals surface area contributed by atoms with Gasteiger partial charge >= 0.3 is 0 Å². The highest BCUT2D eigenvalue weighted by Crippen LogP contribution is 2.26. The zero-order chi connectivity index (χ0) is 16.2. The Morgan fingerprint density at radius 1 is 1.41 bits per heavy atom. The molecule has 1 aromatic rings. The van der Waals surface area contributed by atoms with Gasteiger partial charge in [-0.05, 0) is 30.9 Å². The van der Waals surface area contributed by atoms with Crippen LogP contribution in [0.25, 0.3) is 0 Å². The van der Waals surface area contributed by atoms with Crippen molar-refractivity contribution in [2.24, 2.45) is 11.7 Å². The van der Waals surface area contributed by atoms with Crippen LogP contribution >= 0.6 is 0 Å². The summed E-state index contributed by atoms with van der Waals surface area (Å²) in [4.78, 5) is 13.9. The third-order valence-corrected chi connectivity index (χ3v) is 4.63. The van der Waals surface area contributed by atoms with Crippen molar-refractivity contribution in [3.05, 3.63) is 35.9 Å². The first-order valence-electron chi connectivity index (χ1n) is 7.40. The maximum Gasteiger partial charge on any atom is 0.239 e. The van der Waals surface area contributed by atoms with Crippen molar-refractivity contribution in [1.29, 1.82) is 0 Å². The van der Waals surface area contributed by atoms with E-state index in [4.69, 9.17) is 5.73 Å². The first kappa shape index (κ1) is 16.9. The van der Waals surface area contributed by atoms with Crippen LogP contribution in [0.1, 0.15) is 24.4 Å². The van der Waals surface area contributed by atoms with E-state index in [9.17, 15) is 13.2 Å². The van der Waals surface area contributed by atoms with E-state index in [0.717, 1.165) is 31.2 Å². The Labute approximate surface area is 131 Å². The van der Waals surface area contributed by atoms with Gasteiger partial charge in [-0.15, -0.1) is 0 Å². The van der Waals surface area contributed by atoms with Gasteiger partial charge in [0.2, 0.25) is 15.9 Å². The predicted molar refractivity (Wildman–Crippen MR) is 85.5 cm³/mol. The molecule has 6 nitrogen and oxygen atoms in total. The Balaban J connectivity index is 2.07. The normalized spacial score (nSPS) is 21.4. The number of benzene rings is 1. The lowest BCUT2D eigenvalue weighted by molar-refractivity contribution is -0.124. The summed E-state index contributed by atoms with van der Waals surface area (Å²) >= 11 is 0. The van der Waals surface area contributed by atoms with Crippen LogP contribution in [0.5, 0.6) is 0 Å². The molecule has 22 heavy (non-hydrogen) atoms. The molecule has 0 spiro atoms. The number of nitrogens with two attached hydrogens (primary N) is 1. The summed E-state index contributed by atoms with van der Waals surface area (Å²) in [6.45, 7) is 1.85. The number of nitrogens with one attached hydrogen (secondary N) is 1. The summed E-state index contributed by atoms with van der Waals surface area (Å²) in [5.41, 5.74) is 6.48. The van der Waals surface area contributed by atoms with Crippen molar-refractivity contribution >= 4 is 15.9 Å². The Morgan fingerprint density at radius 3 is 2.68 bits per heavy atom. The van der Waals surface area contributed by atoms with Crippen molar-refractivity contribution in [3.63, 3.8) is 0 Å². The third kappa shape index (κ3) is 4.79. The minimum atomic E-state index is -3.19. The summed E-state index contributed by atoms with van der Waals surface area (Å²) in [6.07, 6.45) is 3.02. The zero-order valence-electron chi connectivity index (χ0n) is 12.7. The van der Waals surface area contributed by atoms with E-state index in [0.29, 0.717) is 13.1 Å². The molecule has 1 aliphatic heterocycles. The number of likely N-dealkylation sites (tertiary alicyclic amines) is 1. The maximum atomic E-state index is 11.9. The van der Waals surface area contributed by atoms with Crippen molar-refractivity contribution in [2.75, 3.05) is 25.9 Å². The molecule has 1 aromatic carbocycles. The van der Waals surface area contributed by atoms with Crippen LogP contribution in [0.15, 0.2) is 30.3 Å². The zero-order valence-corrected chi connectivity index (χ0v) is 13.6. The number of sulfonamides is 1. The van der Waals surface area contributed by atoms with Gasteiger partial charge in [-0.3, -0.25) is 9.69 Å². The molecule has 0 bridgehead atoms. The molecule has 0 saturated carbocycles. The molecule has 0 radical (unpaired) electrons. The SMILES string of the molecule is CS(=O)(=O)NC[C@H]1CCCN([C@H](C(N)=O)c2ccccc2)C1. The Kier molecular flexibility index (Phi) is 5.55. The van der Waals surface area contributed by atoms with Crippen LogP contribution in [0.3, 0.4) is 0 Å². The number of carbonyl (C=O) groups excluding carboxylic acids is 1. The highest BCUT2D eigenvalue weighted by atomic mass is 32.2. The quantitative estimate of drug-likeness (QED) is 0.795. The lowest BCUT2D eigenvalue weighted by Crippen LogP contribution is -2.46. The lowest BCUT2D eigenvalue weighted by atomic mass is 9.94. The second kappa shape index (κ2) is 7.21. The van der Waals surface area contributed by atoms with Gasteiger partial charge < -0.3 is 5.73 Å². The van der Waals surface area contributed by atoms with Gasteiger partial charge in [-0.1, -0.05) is 30.3 Å². The highest BCUT2D eigenvalue weighted by molar-refractivity contribution is 7.88. The Hall–Kier alpha value is -1.44. The number of primary amides is 1. The minimum Gasteiger partial charge on any atom is -0.368 e. The van der Waals surface area contributed by atoms with E-state index in [1.807, 2.05) is 30.3 Å². The van der Waals surface area contributed by atoms with Gasteiger partial charge in [0.15, 0.2) is 0 Å². The standard InChI is InChI=1S/C15H23N3O3S/c1-22(20,21)17-10-12-6-5-9-18(11-12)14(15(16)19)13-7-3-2-4-8-13/h2-4,7-8,12,14,17H,5-6,9-11H2,1H3,(H2,16,19)/t12-,14+/m1/s1. The fourth-order valence-corrected chi connectivity index (χ4v) is 3.50. The average Bonchev–Trinajstić information content (AvgIpc) is 2.46. The van der Waals surface area contributed by atoms with Gasteiger partial charge in [0, 0.05) is 13.1 Å². The number of carbonyl (C=O) groups is 1. The smallest absolute Gasteiger partial charge is 0.239 e. The molecule has 0 aliphatic carbocycles. The molecule has 2 atom stereocenters. The molecule has 1 aliphatic rings. The van der Waals surface area contributed by atoms with Gasteiger partial charge in [-0.25, -0.2) is 13.1 Å². The summed E-state index contributed by atoms with van der Waals surface area (Å²) in [5, 5.41) is 0. The van der Waals surface area contributed by atoms with Crippen LogP contribution < -0.4 is 10.5 Å². The summed E-state index contributed by atoms with van der Waals surface area (Å²) in [7, 11) is -3.19. The topological polar surface area (TPSA) is 92.5 Å². The molecule has 7 heteroatoms. The molecular formula is C15H23N3O3S. The highest BCUT2D eigenvalue weighted by Gasteiger charge is 2.30. The molecule has 1 amide bonds. The number of piperidine rings is 1. The number of hydrogen-bond acceptors (Lipinski definition) is 4. The van der Waals surface area contributed by atoms with Crippen LogP contribution in [-0.2, 0) is 14.8 Å². The van der Waals surface area contributed by atoms with Gasteiger partial charge in [0.25, 0.3) is 0 Å². The predicted octanol–water partition coefficient (Wildman–Crippen LogP) is 0.474. The number of hydrogen-bond donors (Lipinski definition) is 2. The fourth-order valence-electron chi connectivity index (χ4n) is 2.96. The monoisotopic (exact) mass is 325 g/mol. The second-order valence-electron chi connectivity index (χ2n) is 5.84. The molecule has 1 fully saturated rings.